The van der Waals surface area contributed by atoms with E-state index in [0.717, 1.165) is 44.6 Å². The SMILES string of the molecule is CCNC(=NCCN1CCCC(C)C1)NCCC(=O)N(CC)CC.I. The van der Waals surface area contributed by atoms with Crippen LogP contribution in [0, 0.1) is 5.92 Å². The maximum Gasteiger partial charge on any atom is 0.224 e. The van der Waals surface area contributed by atoms with Crippen LogP contribution in [0.4, 0.5) is 0 Å². The monoisotopic (exact) mass is 467 g/mol. The summed E-state index contributed by atoms with van der Waals surface area (Å²) >= 11 is 0. The summed E-state index contributed by atoms with van der Waals surface area (Å²) in [4.78, 5) is 21.0. The minimum Gasteiger partial charge on any atom is -0.357 e. The van der Waals surface area contributed by atoms with Crippen molar-refractivity contribution in [2.75, 3.05) is 52.4 Å². The van der Waals surface area contributed by atoms with Crippen LogP contribution in [-0.2, 0) is 4.79 Å². The van der Waals surface area contributed by atoms with Gasteiger partial charge >= 0.3 is 0 Å². The van der Waals surface area contributed by atoms with E-state index in [4.69, 9.17) is 0 Å². The first-order valence-corrected chi connectivity index (χ1v) is 9.62. The molecule has 0 aromatic carbocycles. The summed E-state index contributed by atoms with van der Waals surface area (Å²) in [6, 6.07) is 0. The molecule has 1 rings (SSSR count). The van der Waals surface area contributed by atoms with Crippen molar-refractivity contribution in [2.24, 2.45) is 10.9 Å². The van der Waals surface area contributed by atoms with Crippen LogP contribution >= 0.6 is 24.0 Å². The number of piperidine rings is 1. The van der Waals surface area contributed by atoms with Crippen LogP contribution in [0.2, 0.25) is 0 Å². The quantitative estimate of drug-likeness (QED) is 0.310. The first-order chi connectivity index (χ1) is 11.6. The Bertz CT molecular complexity index is 388. The number of amides is 1. The van der Waals surface area contributed by atoms with Gasteiger partial charge in [-0.2, -0.15) is 0 Å². The fourth-order valence-electron chi connectivity index (χ4n) is 3.16. The van der Waals surface area contributed by atoms with Gasteiger partial charge in [-0.25, -0.2) is 0 Å². The Kier molecular flexibility index (Phi) is 14.3. The predicted octanol–water partition coefficient (Wildman–Crippen LogP) is 2.15. The minimum absolute atomic E-state index is 0. The third-order valence-electron chi connectivity index (χ3n) is 4.52. The fourth-order valence-corrected chi connectivity index (χ4v) is 3.16. The zero-order valence-electron chi connectivity index (χ0n) is 16.5. The molecule has 1 saturated heterocycles. The number of halogens is 1. The van der Waals surface area contributed by atoms with E-state index >= 15 is 0 Å². The number of carbonyl (C=O) groups excluding carboxylic acids is 1. The van der Waals surface area contributed by atoms with E-state index in [1.807, 2.05) is 18.7 Å². The molecular weight excluding hydrogens is 429 g/mol. The lowest BCUT2D eigenvalue weighted by molar-refractivity contribution is -0.130. The number of hydrogen-bond acceptors (Lipinski definition) is 3. The highest BCUT2D eigenvalue weighted by Crippen LogP contribution is 2.14. The first-order valence-electron chi connectivity index (χ1n) is 9.62. The molecule has 0 radical (unpaired) electrons. The third kappa shape index (κ3) is 10.2. The molecule has 0 spiro atoms. The van der Waals surface area contributed by atoms with Crippen molar-refractivity contribution in [3.63, 3.8) is 0 Å². The molecule has 1 amide bonds. The third-order valence-corrected chi connectivity index (χ3v) is 4.52. The van der Waals surface area contributed by atoms with Crippen LogP contribution < -0.4 is 10.6 Å². The Morgan fingerprint density at radius 1 is 1.24 bits per heavy atom. The van der Waals surface area contributed by atoms with Gasteiger partial charge < -0.3 is 20.4 Å². The van der Waals surface area contributed by atoms with Gasteiger partial charge in [0.15, 0.2) is 5.96 Å². The molecule has 7 heteroatoms. The van der Waals surface area contributed by atoms with Gasteiger partial charge in [0.1, 0.15) is 0 Å². The van der Waals surface area contributed by atoms with Crippen molar-refractivity contribution in [1.82, 2.24) is 20.4 Å². The molecule has 1 aliphatic heterocycles. The maximum absolute atomic E-state index is 12.0. The van der Waals surface area contributed by atoms with Crippen molar-refractivity contribution in [3.05, 3.63) is 0 Å². The molecule has 1 heterocycles. The maximum atomic E-state index is 12.0. The van der Waals surface area contributed by atoms with Crippen LogP contribution in [0.1, 0.15) is 47.0 Å². The van der Waals surface area contributed by atoms with Gasteiger partial charge in [-0.05, 0) is 46.1 Å². The van der Waals surface area contributed by atoms with Crippen LogP contribution in [0.5, 0.6) is 0 Å². The summed E-state index contributed by atoms with van der Waals surface area (Å²) in [5, 5.41) is 6.53. The lowest BCUT2D eigenvalue weighted by atomic mass is 10.0. The number of nitrogens with one attached hydrogen (secondary N) is 2. The van der Waals surface area contributed by atoms with Crippen molar-refractivity contribution in [2.45, 2.75) is 47.0 Å². The molecule has 0 saturated carbocycles. The van der Waals surface area contributed by atoms with E-state index in [2.05, 4.69) is 34.4 Å². The Morgan fingerprint density at radius 3 is 2.56 bits per heavy atom. The summed E-state index contributed by atoms with van der Waals surface area (Å²) in [6.07, 6.45) is 3.16. The highest BCUT2D eigenvalue weighted by Gasteiger charge is 2.15. The number of hydrogen-bond donors (Lipinski definition) is 2. The molecule has 148 valence electrons. The lowest BCUT2D eigenvalue weighted by Crippen LogP contribution is -2.41. The van der Waals surface area contributed by atoms with Crippen molar-refractivity contribution in [3.8, 4) is 0 Å². The fraction of sp³-hybridized carbons (Fsp3) is 0.889. The second kappa shape index (κ2) is 14.6. The smallest absolute Gasteiger partial charge is 0.224 e. The first kappa shape index (κ1) is 24.4. The zero-order chi connectivity index (χ0) is 17.8. The van der Waals surface area contributed by atoms with Gasteiger partial charge in [-0.15, -0.1) is 24.0 Å². The molecule has 1 aliphatic rings. The van der Waals surface area contributed by atoms with E-state index in [1.165, 1.54) is 25.9 Å². The molecule has 25 heavy (non-hydrogen) atoms. The molecular formula is C18H38IN5O. The molecule has 0 bridgehead atoms. The normalized spacial score (nSPS) is 18.4. The van der Waals surface area contributed by atoms with Crippen molar-refractivity contribution >= 4 is 35.8 Å². The summed E-state index contributed by atoms with van der Waals surface area (Å²) in [5.74, 6) is 1.82. The average Bonchev–Trinajstić information content (AvgIpc) is 2.56. The van der Waals surface area contributed by atoms with E-state index in [9.17, 15) is 4.79 Å². The number of guanidine groups is 1. The van der Waals surface area contributed by atoms with Gasteiger partial charge in [0, 0.05) is 45.7 Å². The van der Waals surface area contributed by atoms with E-state index in [0.29, 0.717) is 13.0 Å². The minimum atomic E-state index is 0. The van der Waals surface area contributed by atoms with Gasteiger partial charge in [-0.3, -0.25) is 9.79 Å². The van der Waals surface area contributed by atoms with Crippen LogP contribution in [0.25, 0.3) is 0 Å². The van der Waals surface area contributed by atoms with E-state index in [1.54, 1.807) is 0 Å². The molecule has 2 N–H and O–H groups in total. The predicted molar refractivity (Wildman–Crippen MR) is 117 cm³/mol. The molecule has 0 aromatic heterocycles. The Hall–Kier alpha value is -0.570. The number of carbonyl (C=O) groups is 1. The van der Waals surface area contributed by atoms with Crippen LogP contribution in [-0.4, -0.2) is 74.0 Å². The molecule has 1 atom stereocenters. The Balaban J connectivity index is 0.00000576. The van der Waals surface area contributed by atoms with E-state index in [-0.39, 0.29) is 29.9 Å². The molecule has 6 nitrogen and oxygen atoms in total. The van der Waals surface area contributed by atoms with Gasteiger partial charge in [0.2, 0.25) is 5.91 Å². The van der Waals surface area contributed by atoms with Crippen LogP contribution in [0.15, 0.2) is 4.99 Å². The number of rotatable bonds is 9. The topological polar surface area (TPSA) is 60.0 Å². The highest BCUT2D eigenvalue weighted by atomic mass is 127. The number of likely N-dealkylation sites (tertiary alicyclic amines) is 1. The molecule has 1 fully saturated rings. The summed E-state index contributed by atoms with van der Waals surface area (Å²) in [7, 11) is 0. The zero-order valence-corrected chi connectivity index (χ0v) is 18.8. The Morgan fingerprint density at radius 2 is 1.96 bits per heavy atom. The van der Waals surface area contributed by atoms with Gasteiger partial charge in [-0.1, -0.05) is 6.92 Å². The van der Waals surface area contributed by atoms with Crippen molar-refractivity contribution in [1.29, 1.82) is 0 Å². The summed E-state index contributed by atoms with van der Waals surface area (Å²) in [6.45, 7) is 15.6. The Labute approximate surface area is 171 Å². The standard InChI is InChI=1S/C18H37N5O.HI/c1-5-19-18(20-11-10-17(24)23(6-2)7-3)21-12-14-22-13-8-9-16(4)15-22;/h16H,5-15H2,1-4H3,(H2,19,20,21);1H. The van der Waals surface area contributed by atoms with Gasteiger partial charge in [0.25, 0.3) is 0 Å². The second-order valence-corrected chi connectivity index (χ2v) is 6.55. The summed E-state index contributed by atoms with van der Waals surface area (Å²) in [5.41, 5.74) is 0. The van der Waals surface area contributed by atoms with Crippen LogP contribution in [0.3, 0.4) is 0 Å². The second-order valence-electron chi connectivity index (χ2n) is 6.55. The lowest BCUT2D eigenvalue weighted by Gasteiger charge is -2.30. The molecule has 0 aliphatic carbocycles. The highest BCUT2D eigenvalue weighted by molar-refractivity contribution is 14.0. The largest absolute Gasteiger partial charge is 0.357 e. The number of nitrogens with zero attached hydrogens (tertiary/aromatic N) is 3. The average molecular weight is 467 g/mol. The van der Waals surface area contributed by atoms with E-state index < -0.39 is 0 Å². The number of aliphatic imine (C=N–C) groups is 1. The van der Waals surface area contributed by atoms with Gasteiger partial charge in [0.05, 0.1) is 6.54 Å². The molecule has 1 unspecified atom stereocenters. The van der Waals surface area contributed by atoms with Crippen molar-refractivity contribution < 1.29 is 4.79 Å². The molecule has 0 aromatic rings. The summed E-state index contributed by atoms with van der Waals surface area (Å²) < 4.78 is 0.